The van der Waals surface area contributed by atoms with E-state index >= 15 is 0 Å². The molecule has 166 valence electrons. The lowest BCUT2D eigenvalue weighted by Crippen LogP contribution is -2.40. The highest BCUT2D eigenvalue weighted by Crippen LogP contribution is 2.21. The van der Waals surface area contributed by atoms with E-state index in [1.54, 1.807) is 54.4 Å². The van der Waals surface area contributed by atoms with Gasteiger partial charge in [-0.15, -0.1) is 0 Å². The first-order valence-corrected chi connectivity index (χ1v) is 10.6. The Labute approximate surface area is 183 Å². The average molecular weight is 436 g/mol. The largest absolute Gasteiger partial charge is 0.466 e. The Bertz CT molecular complexity index is 1250. The number of hydrogen-bond acceptors (Lipinski definition) is 6. The van der Waals surface area contributed by atoms with Crippen LogP contribution < -0.4 is 11.1 Å². The summed E-state index contributed by atoms with van der Waals surface area (Å²) >= 11 is 0. The molecule has 1 aliphatic rings. The van der Waals surface area contributed by atoms with E-state index in [1.165, 1.54) is 4.57 Å². The van der Waals surface area contributed by atoms with E-state index in [0.717, 1.165) is 5.56 Å². The molecule has 0 saturated carbocycles. The molecule has 0 radical (unpaired) electrons. The highest BCUT2D eigenvalue weighted by molar-refractivity contribution is 5.94. The fraction of sp³-hybridized carbons (Fsp3) is 0.348. The molecule has 0 atom stereocenters. The summed E-state index contributed by atoms with van der Waals surface area (Å²) in [7, 11) is 0. The van der Waals surface area contributed by atoms with Crippen LogP contribution in [0.15, 0.2) is 52.2 Å². The first kappa shape index (κ1) is 21.5. The molecule has 1 aliphatic heterocycles. The standard InChI is InChI=1S/C23H24N4O5/c1-2-32-23(31)17-9-12-26(13-10-17)21(29)16-7-5-15(6-8-16)14-27-19-18(4-3-11-24-19)25-20(28)22(27)30/h3-8,11,17H,2,9-10,12-14H2,1H3,(H,25,28). The van der Waals surface area contributed by atoms with Gasteiger partial charge in [0.15, 0.2) is 5.65 Å². The van der Waals surface area contributed by atoms with Gasteiger partial charge in [-0.05, 0) is 49.6 Å². The van der Waals surface area contributed by atoms with Crippen LogP contribution in [0.1, 0.15) is 35.7 Å². The fourth-order valence-electron chi connectivity index (χ4n) is 3.95. The highest BCUT2D eigenvalue weighted by atomic mass is 16.5. The number of piperidine rings is 1. The SMILES string of the molecule is CCOC(=O)C1CCN(C(=O)c2ccc(Cn3c(=O)c(=O)[nH]c4cccnc43)cc2)CC1. The van der Waals surface area contributed by atoms with Crippen molar-refractivity contribution in [1.29, 1.82) is 0 Å². The third kappa shape index (κ3) is 4.32. The van der Waals surface area contributed by atoms with Crippen LogP contribution in [0.3, 0.4) is 0 Å². The predicted molar refractivity (Wildman–Crippen MR) is 117 cm³/mol. The number of benzene rings is 1. The molecule has 1 aromatic carbocycles. The molecular weight excluding hydrogens is 412 g/mol. The average Bonchev–Trinajstić information content (AvgIpc) is 2.82. The lowest BCUT2D eigenvalue weighted by molar-refractivity contribution is -0.149. The van der Waals surface area contributed by atoms with Gasteiger partial charge >= 0.3 is 17.1 Å². The lowest BCUT2D eigenvalue weighted by atomic mass is 9.96. The number of esters is 1. The number of carbonyl (C=O) groups is 2. The van der Waals surface area contributed by atoms with Crippen LogP contribution in [0.5, 0.6) is 0 Å². The second-order valence-corrected chi connectivity index (χ2v) is 7.74. The van der Waals surface area contributed by atoms with Gasteiger partial charge in [0.1, 0.15) is 0 Å². The van der Waals surface area contributed by atoms with Crippen molar-refractivity contribution in [3.05, 3.63) is 74.4 Å². The quantitative estimate of drug-likeness (QED) is 0.479. The lowest BCUT2D eigenvalue weighted by Gasteiger charge is -2.31. The number of aromatic amines is 1. The Kier molecular flexibility index (Phi) is 6.16. The number of nitrogens with zero attached hydrogens (tertiary/aromatic N) is 3. The van der Waals surface area contributed by atoms with Crippen LogP contribution in [-0.4, -0.2) is 51.0 Å². The number of pyridine rings is 1. The van der Waals surface area contributed by atoms with Gasteiger partial charge in [-0.3, -0.25) is 23.7 Å². The van der Waals surface area contributed by atoms with Crippen molar-refractivity contribution in [2.24, 2.45) is 5.92 Å². The zero-order chi connectivity index (χ0) is 22.7. The first-order valence-electron chi connectivity index (χ1n) is 10.6. The topological polar surface area (TPSA) is 114 Å². The van der Waals surface area contributed by atoms with Crippen molar-refractivity contribution in [3.63, 3.8) is 0 Å². The van der Waals surface area contributed by atoms with Crippen molar-refractivity contribution >= 4 is 23.0 Å². The number of fused-ring (bicyclic) bond motifs is 1. The zero-order valence-electron chi connectivity index (χ0n) is 17.7. The number of carbonyl (C=O) groups excluding carboxylic acids is 2. The summed E-state index contributed by atoms with van der Waals surface area (Å²) in [5.41, 5.74) is 0.785. The Morgan fingerprint density at radius 1 is 1.12 bits per heavy atom. The fourth-order valence-corrected chi connectivity index (χ4v) is 3.95. The first-order chi connectivity index (χ1) is 15.5. The molecule has 1 amide bonds. The van der Waals surface area contributed by atoms with E-state index in [1.807, 2.05) is 0 Å². The third-order valence-corrected chi connectivity index (χ3v) is 5.67. The van der Waals surface area contributed by atoms with Gasteiger partial charge in [0.25, 0.3) is 5.91 Å². The summed E-state index contributed by atoms with van der Waals surface area (Å²) in [4.78, 5) is 57.6. The second kappa shape index (κ2) is 9.17. The number of amides is 1. The molecule has 0 aliphatic carbocycles. The van der Waals surface area contributed by atoms with Gasteiger partial charge in [-0.1, -0.05) is 12.1 Å². The normalized spacial score (nSPS) is 14.5. The Morgan fingerprint density at radius 2 is 1.84 bits per heavy atom. The molecule has 1 saturated heterocycles. The molecule has 1 fully saturated rings. The van der Waals surface area contributed by atoms with Gasteiger partial charge in [-0.2, -0.15) is 0 Å². The van der Waals surface area contributed by atoms with Crippen LogP contribution in [0.25, 0.3) is 11.2 Å². The molecule has 3 heterocycles. The Hall–Kier alpha value is -3.75. The number of aromatic nitrogens is 3. The minimum atomic E-state index is -0.705. The zero-order valence-corrected chi connectivity index (χ0v) is 17.7. The third-order valence-electron chi connectivity index (χ3n) is 5.67. The Morgan fingerprint density at radius 3 is 2.53 bits per heavy atom. The summed E-state index contributed by atoms with van der Waals surface area (Å²) in [6, 6.07) is 10.3. The van der Waals surface area contributed by atoms with Crippen LogP contribution in [0.4, 0.5) is 0 Å². The van der Waals surface area contributed by atoms with E-state index in [-0.39, 0.29) is 24.3 Å². The van der Waals surface area contributed by atoms with E-state index in [4.69, 9.17) is 4.74 Å². The summed E-state index contributed by atoms with van der Waals surface area (Å²) in [6.07, 6.45) is 2.74. The second-order valence-electron chi connectivity index (χ2n) is 7.74. The van der Waals surface area contributed by atoms with Crippen molar-refractivity contribution in [1.82, 2.24) is 19.4 Å². The monoisotopic (exact) mass is 436 g/mol. The van der Waals surface area contributed by atoms with Gasteiger partial charge in [0.05, 0.1) is 24.6 Å². The number of rotatable bonds is 5. The molecule has 4 rings (SSSR count). The summed E-state index contributed by atoms with van der Waals surface area (Å²) in [5.74, 6) is -0.447. The maximum Gasteiger partial charge on any atom is 0.318 e. The van der Waals surface area contributed by atoms with Crippen molar-refractivity contribution in [3.8, 4) is 0 Å². The summed E-state index contributed by atoms with van der Waals surface area (Å²) < 4.78 is 6.40. The highest BCUT2D eigenvalue weighted by Gasteiger charge is 2.28. The molecule has 0 bridgehead atoms. The molecule has 1 N–H and O–H groups in total. The van der Waals surface area contributed by atoms with Crippen molar-refractivity contribution in [2.45, 2.75) is 26.3 Å². The predicted octanol–water partition coefficient (Wildman–Crippen LogP) is 1.55. The van der Waals surface area contributed by atoms with Gasteiger partial charge in [-0.25, -0.2) is 4.98 Å². The van der Waals surface area contributed by atoms with E-state index in [0.29, 0.717) is 49.3 Å². The Balaban J connectivity index is 1.47. The van der Waals surface area contributed by atoms with Crippen LogP contribution in [-0.2, 0) is 16.1 Å². The minimum absolute atomic E-state index is 0.0979. The van der Waals surface area contributed by atoms with Crippen LogP contribution in [0, 0.1) is 5.92 Å². The van der Waals surface area contributed by atoms with Gasteiger partial charge in [0, 0.05) is 24.8 Å². The smallest absolute Gasteiger partial charge is 0.318 e. The minimum Gasteiger partial charge on any atom is -0.466 e. The number of ether oxygens (including phenoxy) is 1. The molecule has 2 aromatic heterocycles. The molecule has 3 aromatic rings. The number of likely N-dealkylation sites (tertiary alicyclic amines) is 1. The maximum atomic E-state index is 12.8. The van der Waals surface area contributed by atoms with Crippen molar-refractivity contribution in [2.75, 3.05) is 19.7 Å². The van der Waals surface area contributed by atoms with E-state index in [2.05, 4.69) is 9.97 Å². The van der Waals surface area contributed by atoms with Gasteiger partial charge in [0.2, 0.25) is 0 Å². The summed E-state index contributed by atoms with van der Waals surface area (Å²) in [5, 5.41) is 0. The maximum absolute atomic E-state index is 12.8. The van der Waals surface area contributed by atoms with E-state index < -0.39 is 11.1 Å². The molecule has 0 spiro atoms. The number of H-pyrrole nitrogens is 1. The molecule has 9 nitrogen and oxygen atoms in total. The molecular formula is C23H24N4O5. The molecule has 9 heteroatoms. The summed E-state index contributed by atoms with van der Waals surface area (Å²) in [6.45, 7) is 3.31. The van der Waals surface area contributed by atoms with Crippen molar-refractivity contribution < 1.29 is 14.3 Å². The number of hydrogen-bond donors (Lipinski definition) is 1. The van der Waals surface area contributed by atoms with Crippen LogP contribution >= 0.6 is 0 Å². The van der Waals surface area contributed by atoms with Crippen LogP contribution in [0.2, 0.25) is 0 Å². The number of nitrogens with one attached hydrogen (secondary N) is 1. The molecule has 0 unspecified atom stereocenters. The van der Waals surface area contributed by atoms with Gasteiger partial charge < -0.3 is 14.6 Å². The molecule has 32 heavy (non-hydrogen) atoms. The van der Waals surface area contributed by atoms with E-state index in [9.17, 15) is 19.2 Å².